The summed E-state index contributed by atoms with van der Waals surface area (Å²) in [4.78, 5) is 4.18. The molecule has 1 aliphatic heterocycles. The number of oxime groups is 1. The van der Waals surface area contributed by atoms with E-state index in [0.717, 1.165) is 78.3 Å². The molecule has 0 bridgehead atoms. The number of ether oxygens (including phenoxy) is 1. The number of hydrogen-bond acceptors (Lipinski definition) is 6. The Balaban J connectivity index is 1.34. The van der Waals surface area contributed by atoms with E-state index >= 15 is 0 Å². The SMILES string of the molecule is ON=CC1CCc2cc(-c3cc(-c4ccc(OC5CCNCC5)cc4)oc3-c3ccncc3)ccc21. The van der Waals surface area contributed by atoms with Crippen LogP contribution in [0.1, 0.15) is 36.3 Å². The Bertz CT molecular complexity index is 1360. The molecule has 2 aromatic heterocycles. The van der Waals surface area contributed by atoms with Crippen LogP contribution >= 0.6 is 0 Å². The number of fused-ring (bicyclic) bond motifs is 1. The molecule has 182 valence electrons. The molecule has 2 aliphatic rings. The maximum atomic E-state index is 9.00. The molecule has 1 unspecified atom stereocenters. The summed E-state index contributed by atoms with van der Waals surface area (Å²) >= 11 is 0. The molecule has 6 heteroatoms. The second kappa shape index (κ2) is 9.99. The monoisotopic (exact) mass is 479 g/mol. The number of piperidine rings is 1. The number of benzene rings is 2. The number of furan rings is 1. The van der Waals surface area contributed by atoms with Gasteiger partial charge in [0.2, 0.25) is 0 Å². The fourth-order valence-electron chi connectivity index (χ4n) is 5.32. The molecule has 2 aromatic carbocycles. The molecule has 6 rings (SSSR count). The number of nitrogens with zero attached hydrogens (tertiary/aromatic N) is 2. The Morgan fingerprint density at radius 3 is 2.47 bits per heavy atom. The number of nitrogens with one attached hydrogen (secondary N) is 1. The molecule has 0 radical (unpaired) electrons. The third kappa shape index (κ3) is 4.52. The Morgan fingerprint density at radius 1 is 0.917 bits per heavy atom. The fourth-order valence-corrected chi connectivity index (χ4v) is 5.32. The molecule has 2 N–H and O–H groups in total. The van der Waals surface area contributed by atoms with Crippen molar-refractivity contribution in [2.75, 3.05) is 13.1 Å². The lowest BCUT2D eigenvalue weighted by molar-refractivity contribution is 0.162. The van der Waals surface area contributed by atoms with E-state index in [1.165, 1.54) is 11.1 Å². The van der Waals surface area contributed by atoms with Crippen molar-refractivity contribution in [3.8, 4) is 39.5 Å². The highest BCUT2D eigenvalue weighted by atomic mass is 16.5. The van der Waals surface area contributed by atoms with Crippen molar-refractivity contribution in [1.82, 2.24) is 10.3 Å². The molecule has 0 spiro atoms. The smallest absolute Gasteiger partial charge is 0.142 e. The summed E-state index contributed by atoms with van der Waals surface area (Å²) in [6, 6.07) is 20.8. The summed E-state index contributed by atoms with van der Waals surface area (Å²) in [7, 11) is 0. The number of pyridine rings is 1. The van der Waals surface area contributed by atoms with E-state index in [1.807, 2.05) is 24.3 Å². The molecule has 3 heterocycles. The Kier molecular flexibility index (Phi) is 6.26. The van der Waals surface area contributed by atoms with Crippen molar-refractivity contribution in [2.24, 2.45) is 5.16 Å². The van der Waals surface area contributed by atoms with Crippen molar-refractivity contribution in [3.63, 3.8) is 0 Å². The summed E-state index contributed by atoms with van der Waals surface area (Å²) in [5.74, 6) is 2.71. The second-order valence-corrected chi connectivity index (χ2v) is 9.50. The number of hydrogen-bond donors (Lipinski definition) is 2. The van der Waals surface area contributed by atoms with Gasteiger partial charge in [-0.3, -0.25) is 4.98 Å². The van der Waals surface area contributed by atoms with E-state index in [4.69, 9.17) is 14.4 Å². The van der Waals surface area contributed by atoms with E-state index in [1.54, 1.807) is 18.6 Å². The third-order valence-electron chi connectivity index (χ3n) is 7.23. The number of rotatable bonds is 6. The first-order valence-electron chi connectivity index (χ1n) is 12.6. The van der Waals surface area contributed by atoms with Crippen LogP contribution in [-0.4, -0.2) is 35.6 Å². The minimum atomic E-state index is 0.171. The molecule has 1 saturated heterocycles. The van der Waals surface area contributed by atoms with E-state index in [-0.39, 0.29) is 12.0 Å². The van der Waals surface area contributed by atoms with Crippen LogP contribution in [0.3, 0.4) is 0 Å². The van der Waals surface area contributed by atoms with Gasteiger partial charge in [0.05, 0.1) is 6.21 Å². The normalized spacial score (nSPS) is 17.9. The average molecular weight is 480 g/mol. The first-order valence-corrected chi connectivity index (χ1v) is 12.6. The van der Waals surface area contributed by atoms with E-state index < -0.39 is 0 Å². The van der Waals surface area contributed by atoms with Gasteiger partial charge in [-0.05, 0) is 97.9 Å². The summed E-state index contributed by atoms with van der Waals surface area (Å²) in [6.45, 7) is 2.02. The molecule has 1 fully saturated rings. The van der Waals surface area contributed by atoms with Gasteiger partial charge in [-0.15, -0.1) is 5.16 Å². The summed E-state index contributed by atoms with van der Waals surface area (Å²) in [5, 5.41) is 15.6. The lowest BCUT2D eigenvalue weighted by Crippen LogP contribution is -2.34. The quantitative estimate of drug-likeness (QED) is 0.193. The van der Waals surface area contributed by atoms with Gasteiger partial charge in [-0.25, -0.2) is 0 Å². The van der Waals surface area contributed by atoms with Crippen LogP contribution in [-0.2, 0) is 6.42 Å². The molecule has 36 heavy (non-hydrogen) atoms. The van der Waals surface area contributed by atoms with E-state index in [2.05, 4.69) is 51.9 Å². The van der Waals surface area contributed by atoms with E-state index in [9.17, 15) is 0 Å². The molecule has 0 saturated carbocycles. The maximum absolute atomic E-state index is 9.00. The minimum absolute atomic E-state index is 0.171. The lowest BCUT2D eigenvalue weighted by Gasteiger charge is -2.23. The van der Waals surface area contributed by atoms with Crippen LogP contribution in [0, 0.1) is 0 Å². The first kappa shape index (κ1) is 22.6. The highest BCUT2D eigenvalue weighted by Gasteiger charge is 2.23. The van der Waals surface area contributed by atoms with Crippen molar-refractivity contribution >= 4 is 6.21 Å². The van der Waals surface area contributed by atoms with Gasteiger partial charge in [0, 0.05) is 35.0 Å². The molecule has 6 nitrogen and oxygen atoms in total. The highest BCUT2D eigenvalue weighted by molar-refractivity contribution is 5.84. The minimum Gasteiger partial charge on any atom is -0.490 e. The van der Waals surface area contributed by atoms with Gasteiger partial charge in [-0.2, -0.15) is 0 Å². The Morgan fingerprint density at radius 2 is 1.69 bits per heavy atom. The largest absolute Gasteiger partial charge is 0.490 e. The van der Waals surface area contributed by atoms with Crippen molar-refractivity contribution in [3.05, 3.63) is 84.2 Å². The van der Waals surface area contributed by atoms with Crippen LogP contribution in [0.2, 0.25) is 0 Å². The molecular weight excluding hydrogens is 450 g/mol. The van der Waals surface area contributed by atoms with Crippen LogP contribution in [0.15, 0.2) is 82.6 Å². The number of aryl methyl sites for hydroxylation is 1. The van der Waals surface area contributed by atoms with Crippen LogP contribution in [0.4, 0.5) is 0 Å². The molecule has 1 atom stereocenters. The Labute approximate surface area is 210 Å². The van der Waals surface area contributed by atoms with Crippen molar-refractivity contribution in [1.29, 1.82) is 0 Å². The van der Waals surface area contributed by atoms with Gasteiger partial charge >= 0.3 is 0 Å². The fraction of sp³-hybridized carbons (Fsp3) is 0.267. The molecule has 4 aromatic rings. The van der Waals surface area contributed by atoms with E-state index in [0.29, 0.717) is 0 Å². The third-order valence-corrected chi connectivity index (χ3v) is 7.23. The van der Waals surface area contributed by atoms with Crippen LogP contribution in [0.25, 0.3) is 33.8 Å². The number of aromatic nitrogens is 1. The zero-order valence-corrected chi connectivity index (χ0v) is 20.1. The van der Waals surface area contributed by atoms with Crippen molar-refractivity contribution in [2.45, 2.75) is 37.7 Å². The van der Waals surface area contributed by atoms with Crippen molar-refractivity contribution < 1.29 is 14.4 Å². The zero-order chi connectivity index (χ0) is 24.3. The molecular formula is C30H29N3O3. The first-order chi connectivity index (χ1) is 17.8. The summed E-state index contributed by atoms with van der Waals surface area (Å²) in [5.41, 5.74) is 6.68. The predicted octanol–water partition coefficient (Wildman–Crippen LogP) is 6.30. The second-order valence-electron chi connectivity index (χ2n) is 9.50. The average Bonchev–Trinajstić information content (AvgIpc) is 3.55. The molecule has 0 amide bonds. The van der Waals surface area contributed by atoms with Gasteiger partial charge < -0.3 is 19.7 Å². The van der Waals surface area contributed by atoms with Gasteiger partial charge in [0.25, 0.3) is 0 Å². The molecule has 1 aliphatic carbocycles. The van der Waals surface area contributed by atoms with Crippen LogP contribution in [0.5, 0.6) is 5.75 Å². The van der Waals surface area contributed by atoms with Gasteiger partial charge in [0.1, 0.15) is 23.4 Å². The predicted molar refractivity (Wildman–Crippen MR) is 141 cm³/mol. The van der Waals surface area contributed by atoms with Gasteiger partial charge in [0.15, 0.2) is 0 Å². The standard InChI is InChI=1S/C30H29N3O3/c34-33-19-24-2-1-22-17-23(5-8-27(22)24)28-18-29(36-30(28)21-9-13-31-14-10-21)20-3-6-25(7-4-20)35-26-11-15-32-16-12-26/h3-10,13-14,17-19,24,26,32,34H,1-2,11-12,15-16H2. The summed E-state index contributed by atoms with van der Waals surface area (Å²) < 4.78 is 12.7. The van der Waals surface area contributed by atoms with Gasteiger partial charge in [-0.1, -0.05) is 18.2 Å². The maximum Gasteiger partial charge on any atom is 0.142 e. The highest BCUT2D eigenvalue weighted by Crippen LogP contribution is 2.41. The summed E-state index contributed by atoms with van der Waals surface area (Å²) in [6.07, 6.45) is 9.47. The topological polar surface area (TPSA) is 79.9 Å². The lowest BCUT2D eigenvalue weighted by atomic mass is 9.96. The Hall–Kier alpha value is -3.90. The zero-order valence-electron chi connectivity index (χ0n) is 20.1. The van der Waals surface area contributed by atoms with Crippen LogP contribution < -0.4 is 10.1 Å².